The van der Waals surface area contributed by atoms with Gasteiger partial charge >= 0.3 is 0 Å². The maximum absolute atomic E-state index is 12.1. The van der Waals surface area contributed by atoms with Gasteiger partial charge in [-0.3, -0.25) is 4.79 Å². The summed E-state index contributed by atoms with van der Waals surface area (Å²) in [6, 6.07) is 11.6. The molecule has 0 aliphatic heterocycles. The lowest BCUT2D eigenvalue weighted by Crippen LogP contribution is -2.22. The van der Waals surface area contributed by atoms with Crippen LogP contribution in [0.2, 0.25) is 0 Å². The first-order valence-corrected chi connectivity index (χ1v) is 9.26. The normalized spacial score (nSPS) is 10.4. The Balaban J connectivity index is 1.57. The summed E-state index contributed by atoms with van der Waals surface area (Å²) < 4.78 is 5.41. The zero-order chi connectivity index (χ0) is 16.8. The molecular formula is C17H17N3O2S2. The number of benzene rings is 1. The molecule has 0 saturated heterocycles. The molecule has 0 aliphatic rings. The monoisotopic (exact) mass is 359 g/mol. The molecule has 5 nitrogen and oxygen atoms in total. The summed E-state index contributed by atoms with van der Waals surface area (Å²) in [6.45, 7) is 3.12. The molecule has 2 aromatic heterocycles. The van der Waals surface area contributed by atoms with Gasteiger partial charge in [-0.05, 0) is 42.6 Å². The molecule has 1 aromatic carbocycles. The maximum Gasteiger partial charge on any atom is 0.271 e. The van der Waals surface area contributed by atoms with E-state index in [4.69, 9.17) is 4.74 Å². The van der Waals surface area contributed by atoms with Gasteiger partial charge in [-0.15, -0.1) is 22.7 Å². The van der Waals surface area contributed by atoms with Gasteiger partial charge in [-0.1, -0.05) is 6.07 Å². The van der Waals surface area contributed by atoms with Crippen molar-refractivity contribution in [1.29, 1.82) is 0 Å². The van der Waals surface area contributed by atoms with E-state index in [-0.39, 0.29) is 5.91 Å². The van der Waals surface area contributed by atoms with E-state index in [2.05, 4.69) is 15.6 Å². The van der Waals surface area contributed by atoms with Crippen molar-refractivity contribution in [3.63, 3.8) is 0 Å². The van der Waals surface area contributed by atoms with Crippen molar-refractivity contribution < 1.29 is 9.53 Å². The lowest BCUT2D eigenvalue weighted by atomic mass is 10.3. The molecule has 0 aliphatic carbocycles. The molecule has 2 N–H and O–H groups in total. The Morgan fingerprint density at radius 3 is 2.75 bits per heavy atom. The lowest BCUT2D eigenvalue weighted by molar-refractivity contribution is 0.0947. The van der Waals surface area contributed by atoms with Gasteiger partial charge in [0, 0.05) is 15.9 Å². The summed E-state index contributed by atoms with van der Waals surface area (Å²) in [7, 11) is 0. The van der Waals surface area contributed by atoms with Crippen LogP contribution < -0.4 is 15.4 Å². The number of anilines is 2. The van der Waals surface area contributed by atoms with Crippen LogP contribution in [-0.2, 0) is 6.54 Å². The van der Waals surface area contributed by atoms with Gasteiger partial charge in [-0.2, -0.15) is 0 Å². The minimum atomic E-state index is -0.167. The second-order valence-corrected chi connectivity index (χ2v) is 6.77. The van der Waals surface area contributed by atoms with E-state index in [1.54, 1.807) is 16.7 Å². The van der Waals surface area contributed by atoms with Crippen molar-refractivity contribution in [1.82, 2.24) is 10.3 Å². The van der Waals surface area contributed by atoms with Gasteiger partial charge in [0.15, 0.2) is 5.13 Å². The lowest BCUT2D eigenvalue weighted by Gasteiger charge is -2.05. The van der Waals surface area contributed by atoms with E-state index in [9.17, 15) is 4.79 Å². The molecule has 124 valence electrons. The molecule has 2 heterocycles. The number of rotatable bonds is 7. The zero-order valence-corrected chi connectivity index (χ0v) is 14.7. The molecule has 0 unspecified atom stereocenters. The number of aromatic nitrogens is 1. The van der Waals surface area contributed by atoms with Crippen molar-refractivity contribution in [2.24, 2.45) is 0 Å². The van der Waals surface area contributed by atoms with Crippen LogP contribution in [0.4, 0.5) is 10.8 Å². The van der Waals surface area contributed by atoms with Crippen molar-refractivity contribution in [3.05, 3.63) is 57.7 Å². The molecule has 24 heavy (non-hydrogen) atoms. The zero-order valence-electron chi connectivity index (χ0n) is 13.1. The van der Waals surface area contributed by atoms with Gasteiger partial charge in [0.05, 0.1) is 13.2 Å². The average molecular weight is 359 g/mol. The Morgan fingerprint density at radius 1 is 1.21 bits per heavy atom. The van der Waals surface area contributed by atoms with Crippen molar-refractivity contribution in [3.8, 4) is 5.75 Å². The smallest absolute Gasteiger partial charge is 0.271 e. The van der Waals surface area contributed by atoms with Gasteiger partial charge in [0.2, 0.25) is 0 Å². The highest BCUT2D eigenvalue weighted by molar-refractivity contribution is 7.14. The summed E-state index contributed by atoms with van der Waals surface area (Å²) in [5, 5.41) is 10.5. The van der Waals surface area contributed by atoms with Crippen LogP contribution in [0.3, 0.4) is 0 Å². The number of thiophene rings is 1. The van der Waals surface area contributed by atoms with Crippen molar-refractivity contribution in [2.75, 3.05) is 11.9 Å². The highest BCUT2D eigenvalue weighted by Crippen LogP contribution is 2.23. The highest BCUT2D eigenvalue weighted by atomic mass is 32.1. The molecule has 0 bridgehead atoms. The minimum Gasteiger partial charge on any atom is -0.494 e. The third kappa shape index (κ3) is 4.33. The van der Waals surface area contributed by atoms with E-state index < -0.39 is 0 Å². The molecule has 0 spiro atoms. The van der Waals surface area contributed by atoms with Gasteiger partial charge in [0.25, 0.3) is 5.91 Å². The standard InChI is InChI=1S/C17H17N3O2S2/c1-2-22-13-7-5-12(6-8-13)19-17-20-15(11-24-17)16(21)18-10-14-4-3-9-23-14/h3-9,11H,2,10H2,1H3,(H,18,21)(H,19,20). The number of hydrogen-bond donors (Lipinski definition) is 2. The van der Waals surface area contributed by atoms with Crippen LogP contribution >= 0.6 is 22.7 Å². The fourth-order valence-electron chi connectivity index (χ4n) is 2.03. The number of nitrogens with one attached hydrogen (secondary N) is 2. The van der Waals surface area contributed by atoms with Crippen molar-refractivity contribution in [2.45, 2.75) is 13.5 Å². The molecule has 1 amide bonds. The summed E-state index contributed by atoms with van der Waals surface area (Å²) in [4.78, 5) is 17.6. The number of amides is 1. The molecule has 0 atom stereocenters. The van der Waals surface area contributed by atoms with Gasteiger partial charge in [-0.25, -0.2) is 4.98 Å². The fourth-order valence-corrected chi connectivity index (χ4v) is 3.39. The molecule has 3 aromatic rings. The Bertz CT molecular complexity index is 783. The van der Waals surface area contributed by atoms with Crippen LogP contribution in [0.1, 0.15) is 22.3 Å². The quantitative estimate of drug-likeness (QED) is 0.661. The highest BCUT2D eigenvalue weighted by Gasteiger charge is 2.11. The summed E-state index contributed by atoms with van der Waals surface area (Å²) in [5.41, 5.74) is 1.32. The van der Waals surface area contributed by atoms with E-state index in [0.717, 1.165) is 16.3 Å². The minimum absolute atomic E-state index is 0.167. The molecule has 0 fully saturated rings. The number of thiazole rings is 1. The van der Waals surface area contributed by atoms with E-state index in [1.807, 2.05) is 48.7 Å². The van der Waals surface area contributed by atoms with Crippen LogP contribution in [-0.4, -0.2) is 17.5 Å². The molecule has 0 saturated carbocycles. The number of carbonyl (C=O) groups excluding carboxylic acids is 1. The number of ether oxygens (including phenoxy) is 1. The Kier molecular flexibility index (Phi) is 5.45. The van der Waals surface area contributed by atoms with Crippen molar-refractivity contribution >= 4 is 39.4 Å². The van der Waals surface area contributed by atoms with Gasteiger partial charge in [0.1, 0.15) is 11.4 Å². The molecule has 0 radical (unpaired) electrons. The topological polar surface area (TPSA) is 63.2 Å². The maximum atomic E-state index is 12.1. The van der Waals surface area contributed by atoms with Crippen LogP contribution in [0, 0.1) is 0 Å². The SMILES string of the molecule is CCOc1ccc(Nc2nc(C(=O)NCc3cccs3)cs2)cc1. The van der Waals surface area contributed by atoms with E-state index in [1.165, 1.54) is 11.3 Å². The Morgan fingerprint density at radius 2 is 2.04 bits per heavy atom. The second-order valence-electron chi connectivity index (χ2n) is 4.88. The summed E-state index contributed by atoms with van der Waals surface area (Å²) in [5.74, 6) is 0.662. The van der Waals surface area contributed by atoms with Crippen LogP contribution in [0.5, 0.6) is 5.75 Å². The first kappa shape index (κ1) is 16.5. The van der Waals surface area contributed by atoms with Crippen LogP contribution in [0.25, 0.3) is 0 Å². The fraction of sp³-hybridized carbons (Fsp3) is 0.176. The van der Waals surface area contributed by atoms with Crippen LogP contribution in [0.15, 0.2) is 47.2 Å². The first-order chi connectivity index (χ1) is 11.7. The Hall–Kier alpha value is -2.38. The molecule has 3 rings (SSSR count). The average Bonchev–Trinajstić information content (AvgIpc) is 3.26. The predicted molar refractivity (Wildman–Crippen MR) is 98.5 cm³/mol. The van der Waals surface area contributed by atoms with E-state index >= 15 is 0 Å². The number of carbonyl (C=O) groups is 1. The molecule has 7 heteroatoms. The third-order valence-corrected chi connectivity index (χ3v) is 4.79. The summed E-state index contributed by atoms with van der Waals surface area (Å²) >= 11 is 3.02. The number of nitrogens with zero attached hydrogens (tertiary/aromatic N) is 1. The third-order valence-electron chi connectivity index (χ3n) is 3.16. The van der Waals surface area contributed by atoms with E-state index in [0.29, 0.717) is 24.0 Å². The Labute approximate surface area is 148 Å². The molecular weight excluding hydrogens is 342 g/mol. The second kappa shape index (κ2) is 7.94. The predicted octanol–water partition coefficient (Wildman–Crippen LogP) is 4.28. The van der Waals surface area contributed by atoms with Gasteiger partial charge < -0.3 is 15.4 Å². The first-order valence-electron chi connectivity index (χ1n) is 7.50. The largest absolute Gasteiger partial charge is 0.494 e. The number of hydrogen-bond acceptors (Lipinski definition) is 6. The summed E-state index contributed by atoms with van der Waals surface area (Å²) in [6.07, 6.45) is 0.